The summed E-state index contributed by atoms with van der Waals surface area (Å²) >= 11 is 0. The van der Waals surface area contributed by atoms with E-state index < -0.39 is 36.0 Å². The predicted molar refractivity (Wildman–Crippen MR) is 157 cm³/mol. The molecule has 246 valence electrons. The summed E-state index contributed by atoms with van der Waals surface area (Å²) in [5.41, 5.74) is 3.04. The lowest BCUT2D eigenvalue weighted by Gasteiger charge is -2.22. The molecular weight excluding hydrogens is 618 g/mol. The largest absolute Gasteiger partial charge is 0.454 e. The molecular formula is C32H32F6N4O4. The van der Waals surface area contributed by atoms with Gasteiger partial charge in [-0.2, -0.15) is 26.3 Å². The highest BCUT2D eigenvalue weighted by Crippen LogP contribution is 2.24. The van der Waals surface area contributed by atoms with E-state index in [1.54, 1.807) is 24.3 Å². The first-order chi connectivity index (χ1) is 21.7. The van der Waals surface area contributed by atoms with E-state index in [0.29, 0.717) is 75.1 Å². The summed E-state index contributed by atoms with van der Waals surface area (Å²) in [6.07, 6.45) is -3.58. The number of nitrogens with one attached hydrogen (secondary N) is 2. The molecule has 2 fully saturated rings. The molecule has 0 aromatic heterocycles. The summed E-state index contributed by atoms with van der Waals surface area (Å²) in [6.45, 7) is 0.723. The highest BCUT2D eigenvalue weighted by molar-refractivity contribution is 5.97. The van der Waals surface area contributed by atoms with E-state index in [9.17, 15) is 45.5 Å². The van der Waals surface area contributed by atoms with Gasteiger partial charge in [-0.3, -0.25) is 19.2 Å². The number of rotatable bonds is 11. The lowest BCUT2D eigenvalue weighted by Crippen LogP contribution is -2.36. The van der Waals surface area contributed by atoms with E-state index in [-0.39, 0.29) is 11.8 Å². The van der Waals surface area contributed by atoms with Crippen molar-refractivity contribution in [1.82, 2.24) is 9.80 Å². The fraction of sp³-hybridized carbons (Fsp3) is 0.375. The number of carbonyl (C=O) groups is 4. The average molecular weight is 651 g/mol. The second kappa shape index (κ2) is 14.6. The van der Waals surface area contributed by atoms with Crippen LogP contribution < -0.4 is 10.6 Å². The molecule has 2 aliphatic heterocycles. The zero-order valence-electron chi connectivity index (χ0n) is 24.5. The maximum atomic E-state index is 12.8. The molecule has 2 aromatic carbocycles. The van der Waals surface area contributed by atoms with Gasteiger partial charge in [0.15, 0.2) is 0 Å². The van der Waals surface area contributed by atoms with Gasteiger partial charge in [0.1, 0.15) is 12.1 Å². The molecule has 14 heteroatoms. The standard InChI is InChI=1S/C32H32F6N4O4/c33-31(34,35)27(43)15-19-41-17-1-3-25(41)29(45)39-23-11-7-21(8-12-23)5-6-22-9-13-24(14-10-22)40-30(46)26-4-2-18-42(26)20-16-28(44)32(36,37)38/h7-16,19-20,25-26H,1-6,17-18H2,(H,39,45)(H,40,46)/b19-15+,20-16+. The molecule has 2 aliphatic rings. The van der Waals surface area contributed by atoms with Crippen LogP contribution in [0.15, 0.2) is 73.1 Å². The van der Waals surface area contributed by atoms with Crippen LogP contribution in [0.5, 0.6) is 0 Å². The van der Waals surface area contributed by atoms with Gasteiger partial charge < -0.3 is 20.4 Å². The maximum Gasteiger partial charge on any atom is 0.454 e. The first-order valence-electron chi connectivity index (χ1n) is 14.6. The van der Waals surface area contributed by atoms with Gasteiger partial charge in [-0.25, -0.2) is 0 Å². The summed E-state index contributed by atoms with van der Waals surface area (Å²) in [5.74, 6) is -4.72. The third kappa shape index (κ3) is 9.44. The van der Waals surface area contributed by atoms with Crippen molar-refractivity contribution in [3.63, 3.8) is 0 Å². The van der Waals surface area contributed by atoms with Crippen LogP contribution in [0.25, 0.3) is 0 Å². The monoisotopic (exact) mass is 650 g/mol. The fourth-order valence-corrected chi connectivity index (χ4v) is 5.26. The Labute approximate surface area is 261 Å². The average Bonchev–Trinajstić information content (AvgIpc) is 3.68. The maximum absolute atomic E-state index is 12.8. The van der Waals surface area contributed by atoms with Crippen LogP contribution in [0.1, 0.15) is 36.8 Å². The molecule has 8 nitrogen and oxygen atoms in total. The van der Waals surface area contributed by atoms with E-state index in [4.69, 9.17) is 0 Å². The minimum atomic E-state index is -4.97. The number of ketones is 2. The Kier molecular flexibility index (Phi) is 10.9. The number of carbonyl (C=O) groups excluding carboxylic acids is 4. The van der Waals surface area contributed by atoms with E-state index in [1.807, 2.05) is 24.3 Å². The lowest BCUT2D eigenvalue weighted by atomic mass is 10.0. The van der Waals surface area contributed by atoms with Crippen LogP contribution in [0.3, 0.4) is 0 Å². The van der Waals surface area contributed by atoms with Crippen molar-refractivity contribution >= 4 is 34.8 Å². The Hall–Kier alpha value is -4.62. The van der Waals surface area contributed by atoms with Crippen molar-refractivity contribution in [2.75, 3.05) is 23.7 Å². The van der Waals surface area contributed by atoms with Crippen LogP contribution in [-0.4, -0.2) is 70.7 Å². The van der Waals surface area contributed by atoms with Gasteiger partial charge in [0.2, 0.25) is 11.8 Å². The van der Waals surface area contributed by atoms with Crippen molar-refractivity contribution in [2.45, 2.75) is 63.0 Å². The van der Waals surface area contributed by atoms with Gasteiger partial charge >= 0.3 is 12.4 Å². The molecule has 46 heavy (non-hydrogen) atoms. The number of alkyl halides is 6. The van der Waals surface area contributed by atoms with Gasteiger partial charge in [0.25, 0.3) is 11.6 Å². The van der Waals surface area contributed by atoms with Gasteiger partial charge in [-0.1, -0.05) is 24.3 Å². The number of amides is 2. The van der Waals surface area contributed by atoms with Gasteiger partial charge in [-0.15, -0.1) is 0 Å². The molecule has 2 atom stereocenters. The van der Waals surface area contributed by atoms with Crippen LogP contribution in [0.4, 0.5) is 37.7 Å². The molecule has 2 saturated heterocycles. The van der Waals surface area contributed by atoms with Crippen LogP contribution >= 0.6 is 0 Å². The van der Waals surface area contributed by atoms with Gasteiger partial charge in [-0.05, 0) is 73.9 Å². The summed E-state index contributed by atoms with van der Waals surface area (Å²) in [4.78, 5) is 50.7. The molecule has 2 unspecified atom stereocenters. The van der Waals surface area contributed by atoms with Crippen molar-refractivity contribution in [3.8, 4) is 0 Å². The van der Waals surface area contributed by atoms with Crippen molar-refractivity contribution in [3.05, 3.63) is 84.2 Å². The zero-order valence-corrected chi connectivity index (χ0v) is 24.5. The second-order valence-corrected chi connectivity index (χ2v) is 11.0. The Balaban J connectivity index is 1.24. The fourth-order valence-electron chi connectivity index (χ4n) is 5.26. The molecule has 0 saturated carbocycles. The van der Waals surface area contributed by atoms with Crippen molar-refractivity contribution in [1.29, 1.82) is 0 Å². The zero-order chi connectivity index (χ0) is 33.5. The minimum Gasteiger partial charge on any atom is -0.365 e. The normalized spacial score (nSPS) is 18.8. The second-order valence-electron chi connectivity index (χ2n) is 11.0. The minimum absolute atomic E-state index is 0.361. The molecule has 2 N–H and O–H groups in total. The quantitative estimate of drug-likeness (QED) is 0.244. The van der Waals surface area contributed by atoms with Gasteiger partial charge in [0.05, 0.1) is 0 Å². The first kappa shape index (κ1) is 34.3. The summed E-state index contributed by atoms with van der Waals surface area (Å²) in [7, 11) is 0. The Morgan fingerprint density at radius 1 is 0.630 bits per heavy atom. The van der Waals surface area contributed by atoms with Crippen LogP contribution in [0.2, 0.25) is 0 Å². The van der Waals surface area contributed by atoms with Gasteiger partial charge in [0, 0.05) is 49.0 Å². The smallest absolute Gasteiger partial charge is 0.365 e. The molecule has 0 aliphatic carbocycles. The molecule has 0 radical (unpaired) electrons. The number of likely N-dealkylation sites (tertiary alicyclic amines) is 2. The Morgan fingerprint density at radius 3 is 1.30 bits per heavy atom. The number of hydrogen-bond acceptors (Lipinski definition) is 6. The van der Waals surface area contributed by atoms with E-state index in [0.717, 1.165) is 23.5 Å². The molecule has 2 amide bonds. The first-order valence-corrected chi connectivity index (χ1v) is 14.6. The topological polar surface area (TPSA) is 98.8 Å². The number of aryl methyl sites for hydroxylation is 2. The van der Waals surface area contributed by atoms with Crippen molar-refractivity contribution in [2.24, 2.45) is 0 Å². The number of halogens is 6. The highest BCUT2D eigenvalue weighted by atomic mass is 19.4. The number of benzene rings is 2. The summed E-state index contributed by atoms with van der Waals surface area (Å²) in [5, 5.41) is 5.54. The lowest BCUT2D eigenvalue weighted by molar-refractivity contribution is -0.165. The summed E-state index contributed by atoms with van der Waals surface area (Å²) in [6, 6.07) is 12.9. The molecule has 2 heterocycles. The van der Waals surface area contributed by atoms with E-state index in [2.05, 4.69) is 10.6 Å². The third-order valence-corrected chi connectivity index (χ3v) is 7.73. The molecule has 0 spiro atoms. The molecule has 2 aromatic rings. The van der Waals surface area contributed by atoms with Crippen LogP contribution in [0, 0.1) is 0 Å². The Bertz CT molecular complexity index is 1360. The van der Waals surface area contributed by atoms with E-state index >= 15 is 0 Å². The number of hydrogen-bond donors (Lipinski definition) is 2. The highest BCUT2D eigenvalue weighted by Gasteiger charge is 2.38. The molecule has 4 rings (SSSR count). The molecule has 0 bridgehead atoms. The van der Waals surface area contributed by atoms with E-state index in [1.165, 1.54) is 9.80 Å². The van der Waals surface area contributed by atoms with Crippen molar-refractivity contribution < 1.29 is 45.5 Å². The predicted octanol–water partition coefficient (Wildman–Crippen LogP) is 5.57. The number of anilines is 2. The Morgan fingerprint density at radius 2 is 0.978 bits per heavy atom. The van der Waals surface area contributed by atoms with Crippen LogP contribution in [-0.2, 0) is 32.0 Å². The number of nitrogens with zero attached hydrogens (tertiary/aromatic N) is 2. The summed E-state index contributed by atoms with van der Waals surface area (Å²) < 4.78 is 74.9. The SMILES string of the molecule is O=C(Nc1ccc(CCc2ccc(NC(=O)C3CCCN3/C=C/C(=O)C(F)(F)F)cc2)cc1)C1CCCN1/C=C/C(=O)C(F)(F)F. The third-order valence-electron chi connectivity index (χ3n) is 7.73. The number of allylic oxidation sites excluding steroid dienone is 2.